The fourth-order valence-electron chi connectivity index (χ4n) is 2.14. The van der Waals surface area contributed by atoms with Crippen LogP contribution in [0.25, 0.3) is 0 Å². The number of hydrogen-bond acceptors (Lipinski definition) is 2. The smallest absolute Gasteiger partial charge is 0.0662 e. The lowest BCUT2D eigenvalue weighted by Gasteiger charge is -2.18. The first-order valence-corrected chi connectivity index (χ1v) is 6.13. The highest BCUT2D eigenvalue weighted by Crippen LogP contribution is 2.22. The molecule has 0 radical (unpaired) electrons. The summed E-state index contributed by atoms with van der Waals surface area (Å²) < 4.78 is 0. The third-order valence-corrected chi connectivity index (χ3v) is 3.37. The molecule has 2 N–H and O–H groups in total. The quantitative estimate of drug-likeness (QED) is 0.681. The summed E-state index contributed by atoms with van der Waals surface area (Å²) in [5, 5.41) is 12.9. The van der Waals surface area contributed by atoms with Crippen LogP contribution in [-0.4, -0.2) is 23.8 Å². The average Bonchev–Trinajstić information content (AvgIpc) is 2.39. The minimum absolute atomic E-state index is 0.157. The van der Waals surface area contributed by atoms with Gasteiger partial charge < -0.3 is 10.4 Å². The fraction of sp³-hybridized carbons (Fsp3) is 1.00. The molecule has 14 heavy (non-hydrogen) atoms. The first kappa shape index (κ1) is 12.0. The highest BCUT2D eigenvalue weighted by molar-refractivity contribution is 4.74. The number of aliphatic hydroxyl groups excluding tert-OH is 1. The maximum absolute atomic E-state index is 9.45. The lowest BCUT2D eigenvalue weighted by Crippen LogP contribution is -2.35. The Kier molecular flexibility index (Phi) is 5.49. The van der Waals surface area contributed by atoms with Crippen LogP contribution in [0.5, 0.6) is 0 Å². The molecule has 1 rings (SSSR count). The van der Waals surface area contributed by atoms with E-state index >= 15 is 0 Å². The molecule has 1 saturated carbocycles. The summed E-state index contributed by atoms with van der Waals surface area (Å²) in [6, 6.07) is 0.654. The van der Waals surface area contributed by atoms with Crippen LogP contribution in [0.15, 0.2) is 0 Å². The molecule has 0 aromatic heterocycles. The van der Waals surface area contributed by atoms with Gasteiger partial charge in [-0.3, -0.25) is 0 Å². The molecule has 0 saturated heterocycles. The highest BCUT2D eigenvalue weighted by atomic mass is 16.3. The van der Waals surface area contributed by atoms with Gasteiger partial charge in [-0.05, 0) is 31.6 Å². The Morgan fingerprint density at radius 1 is 1.29 bits per heavy atom. The standard InChI is InChI=1S/C12H25NO/c1-3-12(14)9-13-11-6-4-5-10(2)7-8-11/h10-14H,3-9H2,1-2H3. The zero-order valence-corrected chi connectivity index (χ0v) is 9.63. The first-order valence-electron chi connectivity index (χ1n) is 6.13. The maximum Gasteiger partial charge on any atom is 0.0662 e. The molecule has 1 aliphatic rings. The molecule has 0 heterocycles. The van der Waals surface area contributed by atoms with Crippen molar-refractivity contribution >= 4 is 0 Å². The van der Waals surface area contributed by atoms with Crippen LogP contribution >= 0.6 is 0 Å². The largest absolute Gasteiger partial charge is 0.392 e. The molecular formula is C12H25NO. The first-order chi connectivity index (χ1) is 6.72. The van der Waals surface area contributed by atoms with Gasteiger partial charge in [0.25, 0.3) is 0 Å². The van der Waals surface area contributed by atoms with E-state index in [1.807, 2.05) is 6.92 Å². The van der Waals surface area contributed by atoms with Crippen molar-refractivity contribution in [2.24, 2.45) is 5.92 Å². The molecule has 0 bridgehead atoms. The van der Waals surface area contributed by atoms with Crippen molar-refractivity contribution in [3.05, 3.63) is 0 Å². The normalized spacial score (nSPS) is 31.1. The molecule has 84 valence electrons. The topological polar surface area (TPSA) is 32.3 Å². The van der Waals surface area contributed by atoms with E-state index < -0.39 is 0 Å². The van der Waals surface area contributed by atoms with Crippen molar-refractivity contribution < 1.29 is 5.11 Å². The molecule has 3 unspecified atom stereocenters. The predicted molar refractivity (Wildman–Crippen MR) is 60.3 cm³/mol. The summed E-state index contributed by atoms with van der Waals surface area (Å²) >= 11 is 0. The minimum atomic E-state index is -0.157. The van der Waals surface area contributed by atoms with E-state index in [-0.39, 0.29) is 6.10 Å². The van der Waals surface area contributed by atoms with E-state index in [2.05, 4.69) is 12.2 Å². The van der Waals surface area contributed by atoms with Crippen molar-refractivity contribution in [1.29, 1.82) is 0 Å². The Morgan fingerprint density at radius 3 is 2.79 bits per heavy atom. The van der Waals surface area contributed by atoms with Crippen molar-refractivity contribution in [1.82, 2.24) is 5.32 Å². The average molecular weight is 199 g/mol. The lowest BCUT2D eigenvalue weighted by atomic mass is 10.0. The Hall–Kier alpha value is -0.0800. The minimum Gasteiger partial charge on any atom is -0.392 e. The van der Waals surface area contributed by atoms with Crippen LogP contribution < -0.4 is 5.32 Å². The van der Waals surface area contributed by atoms with Gasteiger partial charge in [-0.1, -0.05) is 26.7 Å². The SMILES string of the molecule is CCC(O)CNC1CCCC(C)CC1. The summed E-state index contributed by atoms with van der Waals surface area (Å²) in [6.07, 6.45) is 7.36. The molecule has 0 aromatic carbocycles. The Morgan fingerprint density at radius 2 is 2.07 bits per heavy atom. The molecule has 3 atom stereocenters. The summed E-state index contributed by atoms with van der Waals surface area (Å²) in [7, 11) is 0. The van der Waals surface area contributed by atoms with Gasteiger partial charge in [0.2, 0.25) is 0 Å². The van der Waals surface area contributed by atoms with Crippen LogP contribution in [0.2, 0.25) is 0 Å². The zero-order chi connectivity index (χ0) is 10.4. The van der Waals surface area contributed by atoms with Gasteiger partial charge >= 0.3 is 0 Å². The van der Waals surface area contributed by atoms with Crippen LogP contribution in [0, 0.1) is 5.92 Å². The van der Waals surface area contributed by atoms with Crippen LogP contribution in [-0.2, 0) is 0 Å². The number of aliphatic hydroxyl groups is 1. The molecule has 1 aliphatic carbocycles. The molecule has 0 spiro atoms. The highest BCUT2D eigenvalue weighted by Gasteiger charge is 2.16. The fourth-order valence-corrected chi connectivity index (χ4v) is 2.14. The van der Waals surface area contributed by atoms with Crippen molar-refractivity contribution in [2.45, 2.75) is 64.5 Å². The van der Waals surface area contributed by atoms with Gasteiger partial charge in [0.1, 0.15) is 0 Å². The predicted octanol–water partition coefficient (Wildman–Crippen LogP) is 2.32. The Balaban J connectivity index is 2.17. The van der Waals surface area contributed by atoms with Crippen molar-refractivity contribution in [2.75, 3.05) is 6.54 Å². The maximum atomic E-state index is 9.45. The summed E-state index contributed by atoms with van der Waals surface area (Å²) in [5.74, 6) is 0.901. The van der Waals surface area contributed by atoms with Crippen LogP contribution in [0.3, 0.4) is 0 Å². The molecule has 0 aromatic rings. The van der Waals surface area contributed by atoms with E-state index in [0.717, 1.165) is 18.9 Å². The van der Waals surface area contributed by atoms with Crippen molar-refractivity contribution in [3.8, 4) is 0 Å². The lowest BCUT2D eigenvalue weighted by molar-refractivity contribution is 0.161. The zero-order valence-electron chi connectivity index (χ0n) is 9.63. The second kappa shape index (κ2) is 6.41. The van der Waals surface area contributed by atoms with Crippen LogP contribution in [0.1, 0.15) is 52.4 Å². The van der Waals surface area contributed by atoms with Gasteiger partial charge in [-0.15, -0.1) is 0 Å². The number of hydrogen-bond donors (Lipinski definition) is 2. The second-order valence-electron chi connectivity index (χ2n) is 4.78. The number of nitrogens with one attached hydrogen (secondary N) is 1. The summed E-state index contributed by atoms with van der Waals surface area (Å²) in [4.78, 5) is 0. The molecule has 2 nitrogen and oxygen atoms in total. The monoisotopic (exact) mass is 199 g/mol. The third-order valence-electron chi connectivity index (χ3n) is 3.37. The van der Waals surface area contributed by atoms with Gasteiger partial charge in [-0.25, -0.2) is 0 Å². The van der Waals surface area contributed by atoms with Gasteiger partial charge in [-0.2, -0.15) is 0 Å². The molecule has 0 amide bonds. The van der Waals surface area contributed by atoms with Gasteiger partial charge in [0.15, 0.2) is 0 Å². The van der Waals surface area contributed by atoms with E-state index in [1.54, 1.807) is 0 Å². The van der Waals surface area contributed by atoms with Crippen molar-refractivity contribution in [3.63, 3.8) is 0 Å². The Labute approximate surface area is 88.1 Å². The Bertz CT molecular complexity index is 149. The molecule has 0 aliphatic heterocycles. The van der Waals surface area contributed by atoms with E-state index in [4.69, 9.17) is 0 Å². The summed E-state index contributed by atoms with van der Waals surface area (Å²) in [5.41, 5.74) is 0. The van der Waals surface area contributed by atoms with E-state index in [0.29, 0.717) is 6.04 Å². The molecular weight excluding hydrogens is 174 g/mol. The number of rotatable bonds is 4. The van der Waals surface area contributed by atoms with E-state index in [1.165, 1.54) is 32.1 Å². The second-order valence-corrected chi connectivity index (χ2v) is 4.78. The molecule has 1 fully saturated rings. The summed E-state index contributed by atoms with van der Waals surface area (Å²) in [6.45, 7) is 5.15. The van der Waals surface area contributed by atoms with Gasteiger partial charge in [0, 0.05) is 12.6 Å². The molecule has 2 heteroatoms. The third kappa shape index (κ3) is 4.43. The van der Waals surface area contributed by atoms with Crippen LogP contribution in [0.4, 0.5) is 0 Å². The van der Waals surface area contributed by atoms with Gasteiger partial charge in [0.05, 0.1) is 6.10 Å². The van der Waals surface area contributed by atoms with E-state index in [9.17, 15) is 5.11 Å².